The van der Waals surface area contributed by atoms with Gasteiger partial charge in [-0.3, -0.25) is 28.5 Å². The van der Waals surface area contributed by atoms with Crippen LogP contribution in [0.1, 0.15) is 65.0 Å². The number of carboxylic acids is 1. The number of ketones is 2. The van der Waals surface area contributed by atoms with Crippen molar-refractivity contribution in [2.24, 2.45) is 11.8 Å². The molecule has 1 aromatic rings. The minimum atomic E-state index is -3.95. The number of amides is 1. The Hall–Kier alpha value is -3.66. The van der Waals surface area contributed by atoms with Crippen molar-refractivity contribution in [1.82, 2.24) is 14.9 Å². The number of rotatable bonds is 25. The fraction of sp³-hybridized carbons (Fsp3) is 0.706. The van der Waals surface area contributed by atoms with Gasteiger partial charge in [0.2, 0.25) is 12.1 Å². The predicted molar refractivity (Wildman–Crippen MR) is 194 cm³/mol. The van der Waals surface area contributed by atoms with E-state index in [-0.39, 0.29) is 90.9 Å². The lowest BCUT2D eigenvalue weighted by molar-refractivity contribution is -0.162. The second kappa shape index (κ2) is 22.2. The highest BCUT2D eigenvalue weighted by Gasteiger charge is 2.60. The van der Waals surface area contributed by atoms with Gasteiger partial charge in [0.05, 0.1) is 25.6 Å². The van der Waals surface area contributed by atoms with Crippen LogP contribution in [0.15, 0.2) is 17.1 Å². The van der Waals surface area contributed by atoms with Gasteiger partial charge in [0, 0.05) is 59.9 Å². The summed E-state index contributed by atoms with van der Waals surface area (Å²) < 4.78 is 49.8. The van der Waals surface area contributed by atoms with E-state index in [0.717, 1.165) is 25.1 Å². The molecule has 4 unspecified atom stereocenters. The quantitative estimate of drug-likeness (QED) is 0.0803. The number of aliphatic hydroxyl groups excluding tert-OH is 1. The number of Topliss-reactive ketones (excluding diaryl/α,β-unsaturated/α-hetero) is 2. The highest BCUT2D eigenvalue weighted by atomic mass is 32.2. The van der Waals surface area contributed by atoms with E-state index < -0.39 is 67.1 Å². The minimum absolute atomic E-state index is 0.0157. The fourth-order valence-electron chi connectivity index (χ4n) is 5.35. The smallest absolute Gasteiger partial charge is 0.351 e. The molecular weight excluding hydrogens is 775 g/mol. The summed E-state index contributed by atoms with van der Waals surface area (Å²) in [6.07, 6.45) is -3.16. The lowest BCUT2D eigenvalue weighted by Gasteiger charge is -2.36. The first kappa shape index (κ1) is 45.7. The van der Waals surface area contributed by atoms with Crippen LogP contribution in [0.25, 0.3) is 0 Å². The summed E-state index contributed by atoms with van der Waals surface area (Å²) in [4.78, 5) is 87.4. The number of aliphatic carboxylic acids is 1. The number of carbonyl (C=O) groups is 6. The molecule has 308 valence electrons. The molecule has 1 saturated heterocycles. The number of nitrogens with one attached hydrogen (secondary N) is 1. The SMILES string of the molecule is CCC(CSC1CCC1SCC(CC(=O)CCOCCC(C)=O)C(=O)O)C(=O)NCCC(=O)OCC(=O)OC[C@@H]1O[C@H](n2ccc(N)nc2=O)C(F)(F)[C@H]1O. The first-order valence-corrected chi connectivity index (χ1v) is 19.8. The molecule has 5 N–H and O–H groups in total. The van der Waals surface area contributed by atoms with E-state index in [1.54, 1.807) is 11.8 Å². The van der Waals surface area contributed by atoms with Crippen LogP contribution in [-0.4, -0.2) is 128 Å². The number of anilines is 1. The minimum Gasteiger partial charge on any atom is -0.481 e. The van der Waals surface area contributed by atoms with E-state index in [4.69, 9.17) is 24.7 Å². The zero-order chi connectivity index (χ0) is 40.7. The third-order valence-corrected chi connectivity index (χ3v) is 12.2. The maximum absolute atomic E-state index is 14.7. The molecule has 21 heteroatoms. The van der Waals surface area contributed by atoms with Gasteiger partial charge in [0.1, 0.15) is 30.1 Å². The Morgan fingerprint density at radius 1 is 1.05 bits per heavy atom. The number of hydrogen-bond donors (Lipinski definition) is 4. The average Bonchev–Trinajstić information content (AvgIpc) is 3.33. The van der Waals surface area contributed by atoms with Crippen molar-refractivity contribution in [2.75, 3.05) is 50.2 Å². The first-order chi connectivity index (χ1) is 26.0. The van der Waals surface area contributed by atoms with E-state index in [2.05, 4.69) is 10.3 Å². The summed E-state index contributed by atoms with van der Waals surface area (Å²) in [5.41, 5.74) is 4.23. The van der Waals surface area contributed by atoms with Crippen molar-refractivity contribution < 1.29 is 66.7 Å². The number of esters is 2. The third kappa shape index (κ3) is 14.4. The summed E-state index contributed by atoms with van der Waals surface area (Å²) in [6.45, 7) is 1.88. The summed E-state index contributed by atoms with van der Waals surface area (Å²) in [5, 5.41) is 22.8. The number of ether oxygens (including phenoxy) is 4. The number of nitrogens with zero attached hydrogens (tertiary/aromatic N) is 2. The van der Waals surface area contributed by atoms with Crippen LogP contribution in [-0.2, 0) is 47.7 Å². The van der Waals surface area contributed by atoms with Crippen LogP contribution in [0.2, 0.25) is 0 Å². The second-order valence-electron chi connectivity index (χ2n) is 13.1. The van der Waals surface area contributed by atoms with Gasteiger partial charge in [-0.05, 0) is 32.3 Å². The zero-order valence-corrected chi connectivity index (χ0v) is 32.2. The molecule has 2 heterocycles. The number of aliphatic hydroxyl groups is 1. The Kier molecular flexibility index (Phi) is 18.4. The molecule has 1 aliphatic heterocycles. The lowest BCUT2D eigenvalue weighted by Crippen LogP contribution is -2.42. The summed E-state index contributed by atoms with van der Waals surface area (Å²) >= 11 is 3.13. The van der Waals surface area contributed by atoms with Crippen molar-refractivity contribution in [3.8, 4) is 0 Å². The van der Waals surface area contributed by atoms with Gasteiger partial charge < -0.3 is 40.2 Å². The Labute approximate surface area is 324 Å². The number of aromatic nitrogens is 2. The lowest BCUT2D eigenvalue weighted by atomic mass is 9.99. The molecule has 1 saturated carbocycles. The third-order valence-electron chi connectivity index (χ3n) is 8.86. The Bertz CT molecular complexity index is 1570. The number of nitrogens with two attached hydrogens (primary N) is 1. The maximum atomic E-state index is 14.7. The van der Waals surface area contributed by atoms with Crippen molar-refractivity contribution in [1.29, 1.82) is 0 Å². The molecule has 3 rings (SSSR count). The fourth-order valence-corrected chi connectivity index (χ4v) is 8.73. The number of thioether (sulfide) groups is 2. The molecule has 0 spiro atoms. The predicted octanol–water partition coefficient (Wildman–Crippen LogP) is 1.38. The number of carboxylic acid groups (broad SMARTS) is 1. The van der Waals surface area contributed by atoms with Crippen LogP contribution < -0.4 is 16.7 Å². The molecule has 55 heavy (non-hydrogen) atoms. The van der Waals surface area contributed by atoms with Crippen LogP contribution in [0, 0.1) is 11.8 Å². The Balaban J connectivity index is 1.30. The zero-order valence-electron chi connectivity index (χ0n) is 30.5. The van der Waals surface area contributed by atoms with Gasteiger partial charge in [-0.15, -0.1) is 0 Å². The van der Waals surface area contributed by atoms with Gasteiger partial charge in [-0.2, -0.15) is 37.3 Å². The molecule has 0 radical (unpaired) electrons. The van der Waals surface area contributed by atoms with Gasteiger partial charge in [-0.1, -0.05) is 6.92 Å². The van der Waals surface area contributed by atoms with Crippen molar-refractivity contribution >= 4 is 64.7 Å². The Morgan fingerprint density at radius 3 is 2.31 bits per heavy atom. The highest BCUT2D eigenvalue weighted by Crippen LogP contribution is 2.43. The molecule has 1 amide bonds. The molecule has 7 atom stereocenters. The molecule has 2 aliphatic rings. The topological polar surface area (TPSA) is 253 Å². The standard InChI is InChI=1S/C34H48F2N4O13S2/c1-3-20(17-54-24-4-5-25(24)55-18-21(31(47)48)14-22(42)9-13-50-12-8-19(2)41)30(46)38-10-6-27(43)52-16-28(44)51-15-23-29(45)34(35,36)32(53-23)40-11-7-26(37)39-33(40)49/h7,11,20-21,23-25,29,32,45H,3-6,8-10,12-18H2,1-2H3,(H,38,46)(H,47,48)(H2,37,39,49)/t20?,21?,23-,24?,25?,29-,32-/m0/s1. The molecule has 2 fully saturated rings. The van der Waals surface area contributed by atoms with E-state index >= 15 is 0 Å². The molecule has 1 aliphatic carbocycles. The second-order valence-corrected chi connectivity index (χ2v) is 15.6. The highest BCUT2D eigenvalue weighted by molar-refractivity contribution is 8.04. The molecular formula is C34H48F2N4O13S2. The van der Waals surface area contributed by atoms with Crippen LogP contribution in [0.4, 0.5) is 14.6 Å². The average molecular weight is 823 g/mol. The number of nitrogen functional groups attached to an aromatic ring is 1. The van der Waals surface area contributed by atoms with Crippen LogP contribution >= 0.6 is 23.5 Å². The van der Waals surface area contributed by atoms with Crippen LogP contribution in [0.5, 0.6) is 0 Å². The number of alkyl halides is 2. The van der Waals surface area contributed by atoms with Crippen molar-refractivity contribution in [3.05, 3.63) is 22.7 Å². The Morgan fingerprint density at radius 2 is 1.71 bits per heavy atom. The van der Waals surface area contributed by atoms with Crippen molar-refractivity contribution in [3.63, 3.8) is 0 Å². The number of hydrogen-bond acceptors (Lipinski definition) is 16. The molecule has 0 bridgehead atoms. The summed E-state index contributed by atoms with van der Waals surface area (Å²) in [7, 11) is 0. The number of carbonyl (C=O) groups excluding carboxylic acids is 5. The monoisotopic (exact) mass is 822 g/mol. The summed E-state index contributed by atoms with van der Waals surface area (Å²) in [5.74, 6) is -8.05. The maximum Gasteiger partial charge on any atom is 0.351 e. The molecule has 17 nitrogen and oxygen atoms in total. The molecule has 0 aromatic carbocycles. The van der Waals surface area contributed by atoms with E-state index in [0.29, 0.717) is 16.7 Å². The summed E-state index contributed by atoms with van der Waals surface area (Å²) in [6, 6.07) is 1.09. The van der Waals surface area contributed by atoms with Gasteiger partial charge in [-0.25, -0.2) is 9.59 Å². The molecule has 1 aromatic heterocycles. The van der Waals surface area contributed by atoms with Gasteiger partial charge in [0.25, 0.3) is 0 Å². The van der Waals surface area contributed by atoms with E-state index in [1.165, 1.54) is 18.7 Å². The first-order valence-electron chi connectivity index (χ1n) is 17.7. The van der Waals surface area contributed by atoms with E-state index in [9.17, 15) is 52.6 Å². The largest absolute Gasteiger partial charge is 0.481 e. The van der Waals surface area contributed by atoms with Gasteiger partial charge in [0.15, 0.2) is 12.7 Å². The van der Waals surface area contributed by atoms with Crippen molar-refractivity contribution in [2.45, 2.75) is 93.7 Å². The van der Waals surface area contributed by atoms with E-state index in [1.807, 2.05) is 6.92 Å². The van der Waals surface area contributed by atoms with Gasteiger partial charge >= 0.3 is 29.5 Å². The number of halogens is 2. The normalized spacial score (nSPS) is 22.5. The van der Waals surface area contributed by atoms with Crippen LogP contribution in [0.3, 0.4) is 0 Å².